The van der Waals surface area contributed by atoms with Gasteiger partial charge in [0.25, 0.3) is 0 Å². The Morgan fingerprint density at radius 2 is 1.96 bits per heavy atom. The van der Waals surface area contributed by atoms with E-state index in [1.54, 1.807) is 40.3 Å². The van der Waals surface area contributed by atoms with Gasteiger partial charge in [-0.3, -0.25) is 0 Å². The molecule has 5 nitrogen and oxygen atoms in total. The van der Waals surface area contributed by atoms with Crippen LogP contribution in [0.1, 0.15) is 0 Å². The molecule has 0 amide bonds. The first-order chi connectivity index (χ1) is 11.9. The van der Waals surface area contributed by atoms with E-state index >= 15 is 0 Å². The van der Waals surface area contributed by atoms with E-state index in [4.69, 9.17) is 0 Å². The van der Waals surface area contributed by atoms with Crippen LogP contribution in [0.5, 0.6) is 0 Å². The van der Waals surface area contributed by atoms with E-state index in [2.05, 4.69) is 37.4 Å². The molecule has 0 radical (unpaired) electrons. The van der Waals surface area contributed by atoms with Crippen molar-refractivity contribution >= 4 is 65.9 Å². The van der Waals surface area contributed by atoms with Crippen LogP contribution in [0.3, 0.4) is 0 Å². The number of nitrogens with one attached hydrogen (secondary N) is 1. The molecular weight excluding hydrogens is 358 g/mol. The number of thiophene rings is 1. The van der Waals surface area contributed by atoms with Crippen LogP contribution in [-0.2, 0) is 0 Å². The minimum Gasteiger partial charge on any atom is -0.340 e. The molecule has 0 unspecified atom stereocenters. The number of hydrogen-bond donors (Lipinski definition) is 1. The second kappa shape index (κ2) is 5.59. The second-order valence-electron chi connectivity index (χ2n) is 5.05. The summed E-state index contributed by atoms with van der Waals surface area (Å²) in [5, 5.41) is 7.38. The summed E-state index contributed by atoms with van der Waals surface area (Å²) in [6.07, 6.45) is 3.41. The average molecular weight is 367 g/mol. The summed E-state index contributed by atoms with van der Waals surface area (Å²) >= 11 is 4.89. The van der Waals surface area contributed by atoms with Crippen LogP contribution >= 0.6 is 34.0 Å². The van der Waals surface area contributed by atoms with Crippen molar-refractivity contribution in [2.24, 2.45) is 0 Å². The van der Waals surface area contributed by atoms with Crippen LogP contribution in [0, 0.1) is 0 Å². The molecule has 0 bridgehead atoms. The Morgan fingerprint density at radius 1 is 0.958 bits per heavy atom. The van der Waals surface area contributed by atoms with Crippen molar-refractivity contribution in [2.75, 3.05) is 5.32 Å². The highest BCUT2D eigenvalue weighted by Gasteiger charge is 2.12. The molecule has 0 aliphatic rings. The Balaban J connectivity index is 1.58. The SMILES string of the molecule is c1csc(-c2cc3c(Nc4ccc5scnc5c4)ncnc3s2)n1. The number of hydrogen-bond acceptors (Lipinski definition) is 8. The summed E-state index contributed by atoms with van der Waals surface area (Å²) in [5.74, 6) is 0.800. The largest absolute Gasteiger partial charge is 0.340 e. The Morgan fingerprint density at radius 3 is 2.88 bits per heavy atom. The van der Waals surface area contributed by atoms with Crippen LogP contribution in [-0.4, -0.2) is 19.9 Å². The number of thiazole rings is 2. The monoisotopic (exact) mass is 367 g/mol. The predicted molar refractivity (Wildman–Crippen MR) is 101 cm³/mol. The van der Waals surface area contributed by atoms with Gasteiger partial charge in [-0.05, 0) is 24.3 Å². The second-order valence-corrected chi connectivity index (χ2v) is 7.86. The molecule has 4 aromatic heterocycles. The van der Waals surface area contributed by atoms with E-state index < -0.39 is 0 Å². The molecule has 0 aliphatic carbocycles. The van der Waals surface area contributed by atoms with Gasteiger partial charge in [-0.25, -0.2) is 19.9 Å². The average Bonchev–Trinajstić information content (AvgIpc) is 3.34. The highest BCUT2D eigenvalue weighted by Crippen LogP contribution is 2.36. The van der Waals surface area contributed by atoms with Crippen molar-refractivity contribution in [3.63, 3.8) is 0 Å². The Kier molecular flexibility index (Phi) is 3.25. The first-order valence-corrected chi connectivity index (χ1v) is 9.69. The maximum atomic E-state index is 4.41. The highest BCUT2D eigenvalue weighted by molar-refractivity contribution is 7.25. The van der Waals surface area contributed by atoms with E-state index in [1.807, 2.05) is 29.2 Å². The van der Waals surface area contributed by atoms with Crippen molar-refractivity contribution < 1.29 is 0 Å². The molecule has 5 aromatic rings. The summed E-state index contributed by atoms with van der Waals surface area (Å²) < 4.78 is 1.18. The molecule has 0 saturated carbocycles. The van der Waals surface area contributed by atoms with Crippen LogP contribution in [0.15, 0.2) is 47.7 Å². The smallest absolute Gasteiger partial charge is 0.142 e. The lowest BCUT2D eigenvalue weighted by molar-refractivity contribution is 1.23. The number of rotatable bonds is 3. The summed E-state index contributed by atoms with van der Waals surface area (Å²) in [6, 6.07) is 8.25. The molecule has 0 aliphatic heterocycles. The molecule has 5 rings (SSSR count). The molecule has 4 heterocycles. The van der Waals surface area contributed by atoms with Gasteiger partial charge in [0.2, 0.25) is 0 Å². The number of anilines is 2. The number of nitrogens with zero attached hydrogens (tertiary/aromatic N) is 4. The lowest BCUT2D eigenvalue weighted by atomic mass is 10.3. The molecule has 0 atom stereocenters. The summed E-state index contributed by atoms with van der Waals surface area (Å²) in [5.41, 5.74) is 3.82. The molecular formula is C16H9N5S3. The highest BCUT2D eigenvalue weighted by atomic mass is 32.1. The van der Waals surface area contributed by atoms with E-state index in [-0.39, 0.29) is 0 Å². The predicted octanol–water partition coefficient (Wildman–Crippen LogP) is 5.17. The fraction of sp³-hybridized carbons (Fsp3) is 0. The van der Waals surface area contributed by atoms with Crippen molar-refractivity contribution in [3.05, 3.63) is 47.7 Å². The van der Waals surface area contributed by atoms with Crippen LogP contribution in [0.4, 0.5) is 11.5 Å². The Bertz CT molecular complexity index is 1140. The van der Waals surface area contributed by atoms with Gasteiger partial charge >= 0.3 is 0 Å². The normalized spacial score (nSPS) is 11.3. The van der Waals surface area contributed by atoms with Gasteiger partial charge in [0.05, 0.1) is 26.0 Å². The Labute approximate surface area is 148 Å². The molecule has 8 heteroatoms. The third kappa shape index (κ3) is 2.35. The first kappa shape index (κ1) is 14.0. The third-order valence-corrected chi connectivity index (χ3v) is 6.36. The molecule has 116 valence electrons. The van der Waals surface area contributed by atoms with Gasteiger partial charge in [-0.15, -0.1) is 34.0 Å². The van der Waals surface area contributed by atoms with E-state index in [0.29, 0.717) is 0 Å². The van der Waals surface area contributed by atoms with Crippen molar-refractivity contribution in [2.45, 2.75) is 0 Å². The van der Waals surface area contributed by atoms with E-state index in [0.717, 1.165) is 37.1 Å². The summed E-state index contributed by atoms with van der Waals surface area (Å²) in [7, 11) is 0. The van der Waals surface area contributed by atoms with Gasteiger partial charge in [0, 0.05) is 17.3 Å². The summed E-state index contributed by atoms with van der Waals surface area (Å²) in [4.78, 5) is 19.6. The van der Waals surface area contributed by atoms with Crippen LogP contribution in [0.25, 0.3) is 30.3 Å². The van der Waals surface area contributed by atoms with Gasteiger partial charge in [0.15, 0.2) is 0 Å². The van der Waals surface area contributed by atoms with Gasteiger partial charge in [-0.1, -0.05) is 0 Å². The zero-order chi connectivity index (χ0) is 15.9. The molecule has 1 aromatic carbocycles. The van der Waals surface area contributed by atoms with E-state index in [9.17, 15) is 0 Å². The van der Waals surface area contributed by atoms with Crippen LogP contribution < -0.4 is 5.32 Å². The quantitative estimate of drug-likeness (QED) is 0.477. The lowest BCUT2D eigenvalue weighted by Crippen LogP contribution is -1.94. The standard InChI is InChI=1S/C16H9N5S3/c1-2-12-11(20-8-23-12)5-9(1)21-14-10-6-13(16-17-3-4-22-16)24-15(10)19-7-18-14/h1-8H,(H,18,19,21). The first-order valence-electron chi connectivity index (χ1n) is 7.11. The van der Waals surface area contributed by atoms with Gasteiger partial charge < -0.3 is 5.32 Å². The number of fused-ring (bicyclic) bond motifs is 2. The molecule has 1 N–H and O–H groups in total. The minimum absolute atomic E-state index is 0.800. The summed E-state index contributed by atoms with van der Waals surface area (Å²) in [6.45, 7) is 0. The maximum Gasteiger partial charge on any atom is 0.142 e. The van der Waals surface area contributed by atoms with E-state index in [1.165, 1.54) is 4.70 Å². The topological polar surface area (TPSA) is 63.6 Å². The number of benzene rings is 1. The minimum atomic E-state index is 0.800. The number of aromatic nitrogens is 4. The maximum absolute atomic E-state index is 4.41. The zero-order valence-corrected chi connectivity index (χ0v) is 14.6. The van der Waals surface area contributed by atoms with Crippen molar-refractivity contribution in [1.82, 2.24) is 19.9 Å². The third-order valence-electron chi connectivity index (χ3n) is 3.57. The van der Waals surface area contributed by atoms with Gasteiger partial charge in [-0.2, -0.15) is 0 Å². The molecule has 24 heavy (non-hydrogen) atoms. The lowest BCUT2D eigenvalue weighted by Gasteiger charge is -2.06. The zero-order valence-electron chi connectivity index (χ0n) is 12.1. The van der Waals surface area contributed by atoms with Crippen molar-refractivity contribution in [3.8, 4) is 9.88 Å². The fourth-order valence-electron chi connectivity index (χ4n) is 2.48. The van der Waals surface area contributed by atoms with Gasteiger partial charge in [0.1, 0.15) is 22.0 Å². The molecule has 0 saturated heterocycles. The fourth-order valence-corrected chi connectivity index (χ4v) is 4.84. The van der Waals surface area contributed by atoms with Crippen molar-refractivity contribution in [1.29, 1.82) is 0 Å². The molecule has 0 fully saturated rings. The Hall–Kier alpha value is -2.42. The molecule has 0 spiro atoms. The van der Waals surface area contributed by atoms with Crippen LogP contribution in [0.2, 0.25) is 0 Å².